The van der Waals surface area contributed by atoms with E-state index in [9.17, 15) is 4.79 Å². The third-order valence-electron chi connectivity index (χ3n) is 0.589. The molecular weight excluding hydrogens is 160 g/mol. The molecule has 0 saturated heterocycles. The Morgan fingerprint density at radius 3 is 2.75 bits per heavy atom. The first-order chi connectivity index (χ1) is 3.83. The minimum Gasteiger partial charge on any atom is -0.297 e. The van der Waals surface area contributed by atoms with Gasteiger partial charge in [-0.3, -0.25) is 4.79 Å². The first kappa shape index (κ1) is 6.07. The van der Waals surface area contributed by atoms with Crippen molar-refractivity contribution in [3.05, 3.63) is 13.4 Å². The van der Waals surface area contributed by atoms with Crippen LogP contribution in [0.3, 0.4) is 0 Å². The molecule has 0 saturated carbocycles. The van der Waals surface area contributed by atoms with E-state index in [1.807, 2.05) is 0 Å². The summed E-state index contributed by atoms with van der Waals surface area (Å²) in [6.45, 7) is 0. The summed E-state index contributed by atoms with van der Waals surface area (Å²) in [7, 11) is 0. The van der Waals surface area contributed by atoms with Crippen molar-refractivity contribution in [3.63, 3.8) is 0 Å². The summed E-state index contributed by atoms with van der Waals surface area (Å²) >= 11 is 7.56. The molecule has 0 bridgehead atoms. The number of rotatable bonds is 1. The van der Waals surface area contributed by atoms with Gasteiger partial charge < -0.3 is 0 Å². The monoisotopic (exact) mass is 162 g/mol. The highest BCUT2D eigenvalue weighted by Gasteiger charge is 1.88. The Morgan fingerprint density at radius 1 is 1.75 bits per heavy atom. The van der Waals surface area contributed by atoms with Crippen molar-refractivity contribution >= 4 is 41.2 Å². The fourth-order valence-electron chi connectivity index (χ4n) is 0.302. The highest BCUT2D eigenvalue weighted by atomic mass is 32.2. The van der Waals surface area contributed by atoms with Gasteiger partial charge in [0.25, 0.3) is 0 Å². The fraction of sp³-hybridized carbons (Fsp3) is 0. The third-order valence-corrected chi connectivity index (χ3v) is 3.00. The Balaban J connectivity index is 3.18. The van der Waals surface area contributed by atoms with Crippen LogP contribution in [0.25, 0.3) is 0 Å². The Morgan fingerprint density at radius 2 is 2.50 bits per heavy atom. The molecule has 42 valence electrons. The number of hydrogen-bond acceptors (Lipinski definition) is 4. The molecule has 0 aliphatic heterocycles. The van der Waals surface area contributed by atoms with E-state index in [-0.39, 0.29) is 0 Å². The summed E-state index contributed by atoms with van der Waals surface area (Å²) in [5, 5.41) is 1.76. The van der Waals surface area contributed by atoms with Gasteiger partial charge >= 0.3 is 0 Å². The van der Waals surface area contributed by atoms with E-state index in [2.05, 4.69) is 0 Å². The smallest absolute Gasteiger partial charge is 0.160 e. The lowest BCUT2D eigenvalue weighted by Gasteiger charge is -1.64. The second-order valence-corrected chi connectivity index (χ2v) is 4.25. The molecule has 1 heterocycles. The molecule has 0 radical (unpaired) electrons. The molecule has 0 spiro atoms. The Labute approximate surface area is 59.6 Å². The van der Waals surface area contributed by atoms with E-state index >= 15 is 0 Å². The zero-order chi connectivity index (χ0) is 5.98. The highest BCUT2D eigenvalue weighted by molar-refractivity contribution is 7.76. The molecule has 1 aromatic rings. The summed E-state index contributed by atoms with van der Waals surface area (Å²) < 4.78 is 0.812. The van der Waals surface area contributed by atoms with E-state index in [1.165, 1.54) is 22.7 Å². The van der Waals surface area contributed by atoms with Gasteiger partial charge in [0.05, 0.1) is 4.88 Å². The van der Waals surface area contributed by atoms with E-state index < -0.39 is 0 Å². The van der Waals surface area contributed by atoms with Crippen LogP contribution in [0.4, 0.5) is 0 Å². The van der Waals surface area contributed by atoms with E-state index in [1.54, 1.807) is 5.38 Å². The molecule has 0 aromatic carbocycles. The summed E-state index contributed by atoms with van der Waals surface area (Å²) in [6, 6.07) is 0. The van der Waals surface area contributed by atoms with Crippen LogP contribution in [-0.4, -0.2) is 6.29 Å². The van der Waals surface area contributed by atoms with Crippen molar-refractivity contribution in [2.45, 2.75) is 0 Å². The van der Waals surface area contributed by atoms with Crippen LogP contribution in [0.1, 0.15) is 9.67 Å². The third kappa shape index (κ3) is 1.21. The fourth-order valence-corrected chi connectivity index (χ4v) is 2.21. The zero-order valence-corrected chi connectivity index (χ0v) is 6.24. The van der Waals surface area contributed by atoms with Crippen LogP contribution < -0.4 is 0 Å². The van der Waals surface area contributed by atoms with Crippen LogP contribution in [0, 0.1) is 3.14 Å². The summed E-state index contributed by atoms with van der Waals surface area (Å²) in [4.78, 5) is 10.7. The van der Waals surface area contributed by atoms with Gasteiger partial charge in [0.1, 0.15) is 3.14 Å². The first-order valence-electron chi connectivity index (χ1n) is 1.87. The molecule has 0 amide bonds. The first-order valence-corrected chi connectivity index (χ1v) is 3.97. The predicted molar refractivity (Wildman–Crippen MR) is 38.4 cm³/mol. The van der Waals surface area contributed by atoms with E-state index in [0.717, 1.165) is 14.3 Å². The van der Waals surface area contributed by atoms with Crippen molar-refractivity contribution in [3.8, 4) is 0 Å². The molecule has 1 nitrogen and oxygen atoms in total. The maximum Gasteiger partial charge on any atom is 0.160 e. The number of hydrogen-bond donors (Lipinski definition) is 0. The highest BCUT2D eigenvalue weighted by Crippen LogP contribution is 2.14. The van der Waals surface area contributed by atoms with Crippen LogP contribution in [0.5, 0.6) is 0 Å². The number of aldehydes is 1. The Bertz CT molecular complexity index is 233. The van der Waals surface area contributed by atoms with Gasteiger partial charge in [-0.15, -0.1) is 22.7 Å². The zero-order valence-electron chi connectivity index (χ0n) is 3.79. The molecule has 0 fully saturated rings. The standard InChI is InChI=1S/C4H2OS3/c5-1-3-2-7-4(6)8-3/h1-2H. The van der Waals surface area contributed by atoms with Gasteiger partial charge in [-0.25, -0.2) is 0 Å². The van der Waals surface area contributed by atoms with Crippen molar-refractivity contribution in [2.24, 2.45) is 0 Å². The van der Waals surface area contributed by atoms with Gasteiger partial charge in [0.15, 0.2) is 6.29 Å². The second kappa shape index (κ2) is 2.48. The molecule has 0 unspecified atom stereocenters. The van der Waals surface area contributed by atoms with Crippen molar-refractivity contribution in [1.29, 1.82) is 0 Å². The second-order valence-electron chi connectivity index (χ2n) is 1.11. The number of carbonyl (C=O) groups is 1. The van der Waals surface area contributed by atoms with Crippen molar-refractivity contribution in [1.82, 2.24) is 0 Å². The van der Waals surface area contributed by atoms with Gasteiger partial charge in [-0.1, -0.05) is 12.2 Å². The quantitative estimate of drug-likeness (QED) is 0.466. The maximum atomic E-state index is 9.99. The largest absolute Gasteiger partial charge is 0.297 e. The van der Waals surface area contributed by atoms with Crippen LogP contribution in [0.2, 0.25) is 0 Å². The molecule has 0 aliphatic rings. The minimum atomic E-state index is 0.722. The van der Waals surface area contributed by atoms with E-state index in [0.29, 0.717) is 0 Å². The van der Waals surface area contributed by atoms with Crippen molar-refractivity contribution < 1.29 is 4.79 Å². The summed E-state index contributed by atoms with van der Waals surface area (Å²) in [6.07, 6.45) is 0.816. The van der Waals surface area contributed by atoms with Gasteiger partial charge in [0.2, 0.25) is 0 Å². The molecule has 0 atom stereocenters. The minimum absolute atomic E-state index is 0.722. The molecule has 4 heteroatoms. The van der Waals surface area contributed by atoms with Crippen LogP contribution in [0.15, 0.2) is 5.38 Å². The SMILES string of the molecule is O=Cc1csc(=S)s1. The van der Waals surface area contributed by atoms with Crippen molar-refractivity contribution in [2.75, 3.05) is 0 Å². The lowest BCUT2D eigenvalue weighted by molar-refractivity contribution is 0.112. The lowest BCUT2D eigenvalue weighted by atomic mass is 10.7. The topological polar surface area (TPSA) is 17.1 Å². The molecule has 0 N–H and O–H groups in total. The molecule has 1 aromatic heterocycles. The van der Waals surface area contributed by atoms with Gasteiger partial charge in [-0.05, 0) is 0 Å². The predicted octanol–water partition coefficient (Wildman–Crippen LogP) is 2.35. The average molecular weight is 162 g/mol. The Hall–Kier alpha value is -0.0600. The van der Waals surface area contributed by atoms with Crippen LogP contribution in [-0.2, 0) is 0 Å². The van der Waals surface area contributed by atoms with Crippen LogP contribution >= 0.6 is 34.9 Å². The van der Waals surface area contributed by atoms with Gasteiger partial charge in [0, 0.05) is 5.38 Å². The Kier molecular flexibility index (Phi) is 1.88. The average Bonchev–Trinajstić information content (AvgIpc) is 2.14. The summed E-state index contributed by atoms with van der Waals surface area (Å²) in [5.74, 6) is 0. The molecule has 0 aliphatic carbocycles. The number of carbonyl (C=O) groups excluding carboxylic acids is 1. The normalized spacial score (nSPS) is 9.00. The maximum absolute atomic E-state index is 9.99. The summed E-state index contributed by atoms with van der Waals surface area (Å²) in [5.41, 5.74) is 0. The van der Waals surface area contributed by atoms with Gasteiger partial charge in [-0.2, -0.15) is 0 Å². The van der Waals surface area contributed by atoms with E-state index in [4.69, 9.17) is 12.2 Å². The lowest BCUT2D eigenvalue weighted by Crippen LogP contribution is -1.60. The molecular formula is C4H2OS3. The molecule has 8 heavy (non-hydrogen) atoms. The molecule has 1 rings (SSSR count).